The van der Waals surface area contributed by atoms with Crippen molar-refractivity contribution < 1.29 is 4.79 Å². The number of nitrogens with zero attached hydrogens (tertiary/aromatic N) is 5. The van der Waals surface area contributed by atoms with Crippen LogP contribution in [0, 0.1) is 0 Å². The highest BCUT2D eigenvalue weighted by Gasteiger charge is 2.21. The summed E-state index contributed by atoms with van der Waals surface area (Å²) in [5.74, 6) is 0.944. The molecule has 1 aliphatic heterocycles. The normalized spacial score (nSPS) is 15.0. The Morgan fingerprint density at radius 1 is 1.19 bits per heavy atom. The Hall–Kier alpha value is -1.85. The number of guanidine groups is 1. The Labute approximate surface area is 206 Å². The van der Waals surface area contributed by atoms with Crippen LogP contribution in [0.3, 0.4) is 0 Å². The summed E-state index contributed by atoms with van der Waals surface area (Å²) in [6, 6.07) is 7.75. The molecule has 1 aliphatic rings. The van der Waals surface area contributed by atoms with Crippen LogP contribution in [-0.2, 0) is 11.3 Å². The van der Waals surface area contributed by atoms with Gasteiger partial charge in [0.1, 0.15) is 0 Å². The van der Waals surface area contributed by atoms with Gasteiger partial charge >= 0.3 is 0 Å². The minimum Gasteiger partial charge on any atom is -0.353 e. The minimum absolute atomic E-state index is 0. The number of benzene rings is 1. The van der Waals surface area contributed by atoms with Crippen molar-refractivity contribution in [3.63, 3.8) is 0 Å². The minimum atomic E-state index is 0. The fourth-order valence-corrected chi connectivity index (χ4v) is 3.51. The predicted octanol–water partition coefficient (Wildman–Crippen LogP) is 2.36. The number of rotatable bonds is 6. The Balaban J connectivity index is 0.00000341. The molecule has 0 bridgehead atoms. The Morgan fingerprint density at radius 3 is 2.48 bits per heavy atom. The second-order valence-corrected chi connectivity index (χ2v) is 8.09. The number of hydrogen-bond acceptors (Lipinski definition) is 4. The maximum absolute atomic E-state index is 12.0. The second kappa shape index (κ2) is 12.3. The van der Waals surface area contributed by atoms with E-state index in [1.165, 1.54) is 0 Å². The average molecular weight is 560 g/mol. The molecule has 170 valence electrons. The van der Waals surface area contributed by atoms with Gasteiger partial charge in [-0.05, 0) is 38.1 Å². The number of carbonyl (C=O) groups is 1. The van der Waals surface area contributed by atoms with Gasteiger partial charge in [0.25, 0.3) is 0 Å². The highest BCUT2D eigenvalue weighted by molar-refractivity contribution is 14.0. The summed E-state index contributed by atoms with van der Waals surface area (Å²) < 4.78 is 1.83. The van der Waals surface area contributed by atoms with Crippen LogP contribution < -0.4 is 10.6 Å². The SMILES string of the molecule is CN=C(NCc1cnn(-c2ccc(Cl)cc2)c1)N1CCN(CC(=O)NC(C)C)CC1.I. The smallest absolute Gasteiger partial charge is 0.234 e. The molecule has 0 radical (unpaired) electrons. The zero-order chi connectivity index (χ0) is 21.5. The van der Waals surface area contributed by atoms with Crippen LogP contribution in [0.15, 0.2) is 41.7 Å². The molecule has 0 saturated carbocycles. The first kappa shape index (κ1) is 25.4. The third kappa shape index (κ3) is 7.65. The molecule has 0 atom stereocenters. The number of aromatic nitrogens is 2. The zero-order valence-electron chi connectivity index (χ0n) is 18.2. The van der Waals surface area contributed by atoms with Gasteiger partial charge in [0, 0.05) is 62.6 Å². The molecule has 2 N–H and O–H groups in total. The average Bonchev–Trinajstić information content (AvgIpc) is 3.18. The third-order valence-electron chi connectivity index (χ3n) is 4.88. The number of halogens is 2. The van der Waals surface area contributed by atoms with Gasteiger partial charge in [0.05, 0.1) is 18.4 Å². The molecule has 1 aromatic carbocycles. The molecule has 2 aromatic rings. The van der Waals surface area contributed by atoms with E-state index in [2.05, 4.69) is 30.5 Å². The number of amides is 1. The van der Waals surface area contributed by atoms with Crippen LogP contribution in [0.5, 0.6) is 0 Å². The molecule has 0 aliphatic carbocycles. The van der Waals surface area contributed by atoms with Gasteiger partial charge in [0.2, 0.25) is 5.91 Å². The number of nitrogens with one attached hydrogen (secondary N) is 2. The molecule has 31 heavy (non-hydrogen) atoms. The number of aliphatic imine (C=N–C) groups is 1. The van der Waals surface area contributed by atoms with Crippen LogP contribution >= 0.6 is 35.6 Å². The first-order chi connectivity index (χ1) is 14.4. The maximum atomic E-state index is 12.0. The van der Waals surface area contributed by atoms with Crippen LogP contribution in [0.1, 0.15) is 19.4 Å². The maximum Gasteiger partial charge on any atom is 0.234 e. The van der Waals surface area contributed by atoms with Crippen molar-refractivity contribution >= 4 is 47.4 Å². The van der Waals surface area contributed by atoms with Gasteiger partial charge in [-0.1, -0.05) is 11.6 Å². The first-order valence-electron chi connectivity index (χ1n) is 10.2. The second-order valence-electron chi connectivity index (χ2n) is 7.66. The molecule has 0 spiro atoms. The van der Waals surface area contributed by atoms with E-state index in [0.717, 1.165) is 43.4 Å². The molecule has 8 nitrogen and oxygen atoms in total. The van der Waals surface area contributed by atoms with Crippen LogP contribution in [0.25, 0.3) is 5.69 Å². The predicted molar refractivity (Wildman–Crippen MR) is 135 cm³/mol. The topological polar surface area (TPSA) is 77.8 Å². The molecule has 0 unspecified atom stereocenters. The van der Waals surface area contributed by atoms with Crippen LogP contribution in [0.4, 0.5) is 0 Å². The molecule has 3 rings (SSSR count). The van der Waals surface area contributed by atoms with Gasteiger partial charge in [0.15, 0.2) is 5.96 Å². The Morgan fingerprint density at radius 2 is 1.87 bits per heavy atom. The van der Waals surface area contributed by atoms with Crippen molar-refractivity contribution in [3.05, 3.63) is 47.2 Å². The van der Waals surface area contributed by atoms with Gasteiger partial charge in [-0.15, -0.1) is 24.0 Å². The van der Waals surface area contributed by atoms with E-state index in [-0.39, 0.29) is 35.9 Å². The van der Waals surface area contributed by atoms with Gasteiger partial charge in [-0.3, -0.25) is 14.7 Å². The standard InChI is InChI=1S/C21H30ClN7O.HI/c1-16(2)26-20(30)15-27-8-10-28(11-9-27)21(23-3)24-12-17-13-25-29(14-17)19-6-4-18(22)5-7-19;/h4-7,13-14,16H,8-12,15H2,1-3H3,(H,23,24)(H,26,30);1H. The van der Waals surface area contributed by atoms with Crippen LogP contribution in [0.2, 0.25) is 5.02 Å². The molecule has 1 amide bonds. The summed E-state index contributed by atoms with van der Waals surface area (Å²) in [6.45, 7) is 8.37. The largest absolute Gasteiger partial charge is 0.353 e. The van der Waals surface area contributed by atoms with Crippen molar-refractivity contribution in [2.75, 3.05) is 39.8 Å². The highest BCUT2D eigenvalue weighted by atomic mass is 127. The van der Waals surface area contributed by atoms with E-state index in [0.29, 0.717) is 18.1 Å². The third-order valence-corrected chi connectivity index (χ3v) is 5.13. The van der Waals surface area contributed by atoms with Gasteiger partial charge in [-0.2, -0.15) is 5.10 Å². The van der Waals surface area contributed by atoms with E-state index in [4.69, 9.17) is 11.6 Å². The highest BCUT2D eigenvalue weighted by Crippen LogP contribution is 2.13. The van der Waals surface area contributed by atoms with Crippen molar-refractivity contribution in [1.29, 1.82) is 0 Å². The fraction of sp³-hybridized carbons (Fsp3) is 0.476. The molecular weight excluding hydrogens is 529 g/mol. The number of hydrogen-bond donors (Lipinski definition) is 2. The lowest BCUT2D eigenvalue weighted by Gasteiger charge is -2.36. The monoisotopic (exact) mass is 559 g/mol. The molecular formula is C21H31ClIN7O. The van der Waals surface area contributed by atoms with Gasteiger partial charge < -0.3 is 15.5 Å². The Bertz CT molecular complexity index is 861. The fourth-order valence-electron chi connectivity index (χ4n) is 3.39. The number of carbonyl (C=O) groups excluding carboxylic acids is 1. The van der Waals surface area contributed by atoms with E-state index >= 15 is 0 Å². The molecule has 10 heteroatoms. The lowest BCUT2D eigenvalue weighted by Crippen LogP contribution is -2.54. The van der Waals surface area contributed by atoms with E-state index in [9.17, 15) is 4.79 Å². The molecule has 2 heterocycles. The van der Waals surface area contributed by atoms with Crippen LogP contribution in [-0.4, -0.2) is 77.3 Å². The lowest BCUT2D eigenvalue weighted by atomic mass is 10.3. The zero-order valence-corrected chi connectivity index (χ0v) is 21.3. The molecule has 1 saturated heterocycles. The van der Waals surface area contributed by atoms with Crippen molar-refractivity contribution in [3.8, 4) is 5.69 Å². The molecule has 1 fully saturated rings. The quantitative estimate of drug-likeness (QED) is 0.323. The summed E-state index contributed by atoms with van der Waals surface area (Å²) in [5.41, 5.74) is 2.03. The number of piperazine rings is 1. The summed E-state index contributed by atoms with van der Waals surface area (Å²) in [5, 5.41) is 11.5. The summed E-state index contributed by atoms with van der Waals surface area (Å²) in [4.78, 5) is 20.8. The first-order valence-corrected chi connectivity index (χ1v) is 10.6. The summed E-state index contributed by atoms with van der Waals surface area (Å²) in [7, 11) is 1.79. The summed E-state index contributed by atoms with van der Waals surface area (Å²) in [6.07, 6.45) is 3.84. The lowest BCUT2D eigenvalue weighted by molar-refractivity contribution is -0.123. The van der Waals surface area contributed by atoms with Crippen molar-refractivity contribution in [1.82, 2.24) is 30.2 Å². The van der Waals surface area contributed by atoms with E-state index in [1.807, 2.05) is 55.2 Å². The Kier molecular flexibility index (Phi) is 10.0. The van der Waals surface area contributed by atoms with E-state index < -0.39 is 0 Å². The van der Waals surface area contributed by atoms with E-state index in [1.54, 1.807) is 7.05 Å². The van der Waals surface area contributed by atoms with Crippen molar-refractivity contribution in [2.24, 2.45) is 4.99 Å². The molecule has 1 aromatic heterocycles. The van der Waals surface area contributed by atoms with Crippen molar-refractivity contribution in [2.45, 2.75) is 26.4 Å². The van der Waals surface area contributed by atoms with Gasteiger partial charge in [-0.25, -0.2) is 4.68 Å². The summed E-state index contributed by atoms with van der Waals surface area (Å²) >= 11 is 5.95.